The van der Waals surface area contributed by atoms with Crippen molar-refractivity contribution in [2.24, 2.45) is 0 Å². The van der Waals surface area contributed by atoms with E-state index in [9.17, 15) is 0 Å². The maximum absolute atomic E-state index is 5.96. The van der Waals surface area contributed by atoms with Crippen molar-refractivity contribution < 1.29 is 14.2 Å². The number of hydrogen-bond acceptors (Lipinski definition) is 9. The molecule has 0 bridgehead atoms. The number of pyridine rings is 1. The van der Waals surface area contributed by atoms with Crippen LogP contribution >= 0.6 is 0 Å². The molecule has 3 aromatic heterocycles. The lowest BCUT2D eigenvalue weighted by molar-refractivity contribution is 0.354. The molecule has 0 aliphatic rings. The Labute approximate surface area is 201 Å². The molecule has 10 heteroatoms. The smallest absolute Gasteiger partial charge is 0.240 e. The van der Waals surface area contributed by atoms with Gasteiger partial charge in [-0.2, -0.15) is 14.6 Å². The van der Waals surface area contributed by atoms with E-state index in [2.05, 4.69) is 25.0 Å². The number of anilines is 1. The Hall–Kier alpha value is -4.73. The summed E-state index contributed by atoms with van der Waals surface area (Å²) in [7, 11) is 3.19. The summed E-state index contributed by atoms with van der Waals surface area (Å²) in [5, 5.41) is 5.37. The molecule has 0 unspecified atom stereocenters. The summed E-state index contributed by atoms with van der Waals surface area (Å²) in [5.74, 6) is 3.75. The van der Waals surface area contributed by atoms with E-state index < -0.39 is 0 Å². The summed E-state index contributed by atoms with van der Waals surface area (Å²) < 4.78 is 18.3. The van der Waals surface area contributed by atoms with Crippen LogP contribution in [0.25, 0.3) is 16.7 Å². The summed E-state index contributed by atoms with van der Waals surface area (Å²) in [5.41, 5.74) is 7.73. The highest BCUT2D eigenvalue weighted by Gasteiger charge is 2.16. The fraction of sp³-hybridized carbons (Fsp3) is 0.160. The van der Waals surface area contributed by atoms with Gasteiger partial charge < -0.3 is 19.9 Å². The summed E-state index contributed by atoms with van der Waals surface area (Å²) >= 11 is 0. The molecule has 10 nitrogen and oxygen atoms in total. The Balaban J connectivity index is 1.46. The molecule has 0 atom stereocenters. The first-order valence-corrected chi connectivity index (χ1v) is 10.8. The van der Waals surface area contributed by atoms with Crippen molar-refractivity contribution >= 4 is 16.9 Å². The van der Waals surface area contributed by atoms with Crippen LogP contribution in [0.15, 0.2) is 60.7 Å². The zero-order chi connectivity index (χ0) is 24.4. The summed E-state index contributed by atoms with van der Waals surface area (Å²) in [6.45, 7) is 1.78. The molecule has 0 radical (unpaired) electrons. The fourth-order valence-corrected chi connectivity index (χ4v) is 3.73. The molecule has 0 saturated heterocycles. The first-order chi connectivity index (χ1) is 17.0. The second-order valence-electron chi connectivity index (χ2n) is 7.72. The molecule has 0 amide bonds. The van der Waals surface area contributed by atoms with Crippen LogP contribution in [0.2, 0.25) is 0 Å². The third-order valence-electron chi connectivity index (χ3n) is 5.30. The average molecular weight is 470 g/mol. The average Bonchev–Trinajstić information content (AvgIpc) is 3.23. The second-order valence-corrected chi connectivity index (χ2v) is 7.72. The summed E-state index contributed by atoms with van der Waals surface area (Å²) in [6.07, 6.45) is 0.441. The number of benzene rings is 2. The van der Waals surface area contributed by atoms with Gasteiger partial charge in [-0.15, -0.1) is 5.10 Å². The van der Waals surface area contributed by atoms with Gasteiger partial charge in [-0.25, -0.2) is 9.97 Å². The number of methoxy groups -OCH3 is 2. The van der Waals surface area contributed by atoms with Crippen molar-refractivity contribution in [3.63, 3.8) is 0 Å². The number of fused-ring (bicyclic) bond motifs is 1. The number of rotatable bonds is 7. The summed E-state index contributed by atoms with van der Waals surface area (Å²) in [4.78, 5) is 17.9. The monoisotopic (exact) mass is 469 g/mol. The lowest BCUT2D eigenvalue weighted by atomic mass is 10.1. The van der Waals surface area contributed by atoms with Gasteiger partial charge in [0.05, 0.1) is 19.7 Å². The van der Waals surface area contributed by atoms with Crippen LogP contribution in [0.4, 0.5) is 5.95 Å². The first kappa shape index (κ1) is 22.1. The van der Waals surface area contributed by atoms with E-state index in [0.29, 0.717) is 47.1 Å². The number of nitrogens with zero attached hydrogens (tertiary/aromatic N) is 6. The van der Waals surface area contributed by atoms with Crippen molar-refractivity contribution in [2.45, 2.75) is 13.3 Å². The minimum absolute atomic E-state index is 0.135. The van der Waals surface area contributed by atoms with Crippen LogP contribution in [-0.2, 0) is 6.42 Å². The Morgan fingerprint density at radius 1 is 0.829 bits per heavy atom. The van der Waals surface area contributed by atoms with E-state index in [0.717, 1.165) is 16.5 Å². The van der Waals surface area contributed by atoms with Gasteiger partial charge in [0.1, 0.15) is 11.6 Å². The highest BCUT2D eigenvalue weighted by molar-refractivity contribution is 5.78. The normalized spacial score (nSPS) is 10.9. The van der Waals surface area contributed by atoms with Crippen LogP contribution in [0.1, 0.15) is 17.2 Å². The van der Waals surface area contributed by atoms with Crippen molar-refractivity contribution in [1.29, 1.82) is 0 Å². The van der Waals surface area contributed by atoms with Gasteiger partial charge in [0.25, 0.3) is 0 Å². The maximum atomic E-state index is 5.96. The van der Waals surface area contributed by atoms with Gasteiger partial charge >= 0.3 is 0 Å². The van der Waals surface area contributed by atoms with Gasteiger partial charge in [0, 0.05) is 23.9 Å². The van der Waals surface area contributed by atoms with E-state index in [4.69, 9.17) is 19.9 Å². The minimum Gasteiger partial charge on any atom is -0.493 e. The van der Waals surface area contributed by atoms with E-state index in [1.165, 1.54) is 0 Å². The molecule has 0 fully saturated rings. The van der Waals surface area contributed by atoms with Gasteiger partial charge in [-0.05, 0) is 36.8 Å². The minimum atomic E-state index is 0.135. The zero-order valence-corrected chi connectivity index (χ0v) is 19.5. The predicted molar refractivity (Wildman–Crippen MR) is 130 cm³/mol. The molecule has 5 rings (SSSR count). The van der Waals surface area contributed by atoms with E-state index in [-0.39, 0.29) is 5.95 Å². The van der Waals surface area contributed by atoms with E-state index in [1.807, 2.05) is 48.5 Å². The van der Waals surface area contributed by atoms with Crippen LogP contribution in [0.5, 0.6) is 23.3 Å². The van der Waals surface area contributed by atoms with Gasteiger partial charge in [0.15, 0.2) is 17.3 Å². The third kappa shape index (κ3) is 4.67. The van der Waals surface area contributed by atoms with Crippen LogP contribution in [0, 0.1) is 6.92 Å². The molecule has 0 saturated carbocycles. The van der Waals surface area contributed by atoms with Crippen LogP contribution in [0.3, 0.4) is 0 Å². The third-order valence-corrected chi connectivity index (χ3v) is 5.30. The number of hydrogen-bond donors (Lipinski definition) is 1. The Bertz CT molecular complexity index is 1520. The van der Waals surface area contributed by atoms with Crippen LogP contribution < -0.4 is 19.9 Å². The second kappa shape index (κ2) is 9.26. The fourth-order valence-electron chi connectivity index (χ4n) is 3.73. The highest BCUT2D eigenvalue weighted by atomic mass is 16.5. The summed E-state index contributed by atoms with van der Waals surface area (Å²) in [6, 6.07) is 18.9. The van der Waals surface area contributed by atoms with Crippen molar-refractivity contribution in [1.82, 2.24) is 29.7 Å². The van der Waals surface area contributed by atoms with Crippen molar-refractivity contribution in [3.05, 3.63) is 77.9 Å². The molecule has 0 spiro atoms. The Morgan fingerprint density at radius 3 is 2.49 bits per heavy atom. The van der Waals surface area contributed by atoms with E-state index in [1.54, 1.807) is 38.0 Å². The topological polar surface area (TPSA) is 123 Å². The molecular weight excluding hydrogens is 446 g/mol. The number of para-hydroxylation sites is 1. The molecule has 0 aliphatic heterocycles. The maximum Gasteiger partial charge on any atom is 0.240 e. The standard InChI is InChI=1S/C25H23N7O3/c1-15-27-22(14-24(28-15)35-23-11-9-17-6-4-5-7-18(17)29-23)32-21(30-25(26)31-32)13-16-8-10-19(33-2)20(12-16)34-3/h4-12,14H,13H2,1-3H3,(H2,26,31). The molecule has 2 N–H and O–H groups in total. The molecular formula is C25H23N7O3. The Morgan fingerprint density at radius 2 is 1.66 bits per heavy atom. The molecule has 35 heavy (non-hydrogen) atoms. The number of aryl methyl sites for hydroxylation is 1. The van der Waals surface area contributed by atoms with Crippen molar-refractivity contribution in [2.75, 3.05) is 20.0 Å². The molecule has 3 heterocycles. The quantitative estimate of drug-likeness (QED) is 0.378. The molecule has 0 aliphatic carbocycles. The number of nitrogen functional groups attached to an aromatic ring is 1. The van der Waals surface area contributed by atoms with Gasteiger partial charge in [-0.3, -0.25) is 0 Å². The Kier molecular flexibility index (Phi) is 5.84. The largest absolute Gasteiger partial charge is 0.493 e. The number of nitrogens with two attached hydrogens (primary N) is 1. The number of ether oxygens (including phenoxy) is 3. The molecule has 5 aromatic rings. The molecule has 176 valence electrons. The van der Waals surface area contributed by atoms with Crippen LogP contribution in [-0.4, -0.2) is 43.9 Å². The number of aromatic nitrogens is 6. The van der Waals surface area contributed by atoms with Gasteiger partial charge in [-0.1, -0.05) is 24.3 Å². The predicted octanol–water partition coefficient (Wildman–Crippen LogP) is 3.90. The lowest BCUT2D eigenvalue weighted by Gasteiger charge is -2.11. The zero-order valence-electron chi connectivity index (χ0n) is 19.5. The van der Waals surface area contributed by atoms with Gasteiger partial charge in [0.2, 0.25) is 17.7 Å². The molecule has 2 aromatic carbocycles. The highest BCUT2D eigenvalue weighted by Crippen LogP contribution is 2.29. The lowest BCUT2D eigenvalue weighted by Crippen LogP contribution is -2.08. The van der Waals surface area contributed by atoms with E-state index >= 15 is 0 Å². The van der Waals surface area contributed by atoms with Crippen molar-refractivity contribution in [3.8, 4) is 29.1 Å². The SMILES string of the molecule is COc1ccc(Cc2nc(N)nn2-c2cc(Oc3ccc4ccccc4n3)nc(C)n2)cc1OC. The first-order valence-electron chi connectivity index (χ1n) is 10.8.